The zero-order valence-corrected chi connectivity index (χ0v) is 11.0. The minimum Gasteiger partial charge on any atom is -0.508 e. The van der Waals surface area contributed by atoms with Gasteiger partial charge in [-0.3, -0.25) is 4.79 Å². The molecule has 0 aliphatic heterocycles. The lowest BCUT2D eigenvalue weighted by molar-refractivity contribution is -0.137. The van der Waals surface area contributed by atoms with Crippen molar-refractivity contribution >= 4 is 5.97 Å². The number of rotatable bonds is 6. The molecule has 0 aliphatic carbocycles. The Morgan fingerprint density at radius 3 is 2.30 bits per heavy atom. The van der Waals surface area contributed by atoms with Gasteiger partial charge in [0.05, 0.1) is 6.42 Å². The lowest BCUT2D eigenvalue weighted by Crippen LogP contribution is -2.23. The highest BCUT2D eigenvalue weighted by molar-refractivity contribution is 5.68. The van der Waals surface area contributed by atoms with Gasteiger partial charge in [-0.2, -0.15) is 0 Å². The van der Waals surface area contributed by atoms with Crippen LogP contribution in [0.1, 0.15) is 23.6 Å². The first-order valence-corrected chi connectivity index (χ1v) is 6.43. The molecule has 1 atom stereocenters. The molecule has 0 saturated carbocycles. The molecule has 0 aliphatic rings. The van der Waals surface area contributed by atoms with Crippen molar-refractivity contribution in [1.29, 1.82) is 0 Å². The lowest BCUT2D eigenvalue weighted by atomic mass is 10.0. The smallest absolute Gasteiger partial charge is 0.305 e. The molecule has 0 unspecified atom stereocenters. The number of carbonyl (C=O) groups is 1. The molecule has 2 aromatic rings. The highest BCUT2D eigenvalue weighted by atomic mass is 16.4. The standard InChI is InChI=1S/C16H17NO3/c18-14-8-6-13(7-9-14)15(10-16(19)20)17-11-12-4-2-1-3-5-12/h1-9,15,17-18H,10-11H2,(H,19,20)/t15-/m1/s1. The maximum Gasteiger partial charge on any atom is 0.305 e. The van der Waals surface area contributed by atoms with E-state index in [0.29, 0.717) is 6.54 Å². The number of hydrogen-bond donors (Lipinski definition) is 3. The maximum absolute atomic E-state index is 11.0. The van der Waals surface area contributed by atoms with E-state index < -0.39 is 5.97 Å². The van der Waals surface area contributed by atoms with Crippen molar-refractivity contribution in [2.75, 3.05) is 0 Å². The van der Waals surface area contributed by atoms with Crippen LogP contribution in [0.25, 0.3) is 0 Å². The summed E-state index contributed by atoms with van der Waals surface area (Å²) < 4.78 is 0. The minimum absolute atomic E-state index is 0.00237. The molecule has 0 fully saturated rings. The Balaban J connectivity index is 2.07. The molecule has 0 bridgehead atoms. The Bertz CT molecular complexity index is 552. The molecule has 0 saturated heterocycles. The number of aliphatic carboxylic acids is 1. The normalized spacial score (nSPS) is 12.0. The van der Waals surface area contributed by atoms with Crippen molar-refractivity contribution in [3.05, 3.63) is 65.7 Å². The first-order valence-electron chi connectivity index (χ1n) is 6.43. The highest BCUT2D eigenvalue weighted by Crippen LogP contribution is 2.20. The lowest BCUT2D eigenvalue weighted by Gasteiger charge is -2.17. The molecule has 0 aromatic heterocycles. The predicted octanol–water partition coefficient (Wildman–Crippen LogP) is 2.70. The second-order valence-electron chi connectivity index (χ2n) is 4.61. The second-order valence-corrected chi connectivity index (χ2v) is 4.61. The summed E-state index contributed by atoms with van der Waals surface area (Å²) in [5, 5.41) is 21.5. The summed E-state index contributed by atoms with van der Waals surface area (Å²) in [7, 11) is 0. The number of hydrogen-bond acceptors (Lipinski definition) is 3. The van der Waals surface area contributed by atoms with Crippen LogP contribution in [-0.4, -0.2) is 16.2 Å². The largest absolute Gasteiger partial charge is 0.508 e. The number of aromatic hydroxyl groups is 1. The van der Waals surface area contributed by atoms with Gasteiger partial charge in [-0.25, -0.2) is 0 Å². The average molecular weight is 271 g/mol. The van der Waals surface area contributed by atoms with Gasteiger partial charge in [0, 0.05) is 12.6 Å². The molecule has 20 heavy (non-hydrogen) atoms. The quantitative estimate of drug-likeness (QED) is 0.755. The predicted molar refractivity (Wildman–Crippen MR) is 76.4 cm³/mol. The molecular weight excluding hydrogens is 254 g/mol. The fraction of sp³-hybridized carbons (Fsp3) is 0.188. The number of carboxylic acids is 1. The van der Waals surface area contributed by atoms with Crippen LogP contribution in [-0.2, 0) is 11.3 Å². The van der Waals surface area contributed by atoms with E-state index in [0.717, 1.165) is 11.1 Å². The van der Waals surface area contributed by atoms with Gasteiger partial charge in [0.25, 0.3) is 0 Å². The Hall–Kier alpha value is -2.33. The molecular formula is C16H17NO3. The van der Waals surface area contributed by atoms with E-state index in [-0.39, 0.29) is 18.2 Å². The van der Waals surface area contributed by atoms with E-state index in [1.807, 2.05) is 30.3 Å². The van der Waals surface area contributed by atoms with E-state index in [1.165, 1.54) is 0 Å². The van der Waals surface area contributed by atoms with Gasteiger partial charge in [-0.1, -0.05) is 42.5 Å². The number of phenols is 1. The van der Waals surface area contributed by atoms with Crippen molar-refractivity contribution in [2.45, 2.75) is 19.0 Å². The van der Waals surface area contributed by atoms with Gasteiger partial charge in [0.15, 0.2) is 0 Å². The van der Waals surface area contributed by atoms with Gasteiger partial charge < -0.3 is 15.5 Å². The number of nitrogens with one attached hydrogen (secondary N) is 1. The summed E-state index contributed by atoms with van der Waals surface area (Å²) in [6, 6.07) is 16.1. The third kappa shape index (κ3) is 4.10. The second kappa shape index (κ2) is 6.73. The molecule has 3 N–H and O–H groups in total. The summed E-state index contributed by atoms with van der Waals surface area (Å²) in [4.78, 5) is 11.0. The first kappa shape index (κ1) is 14.1. The molecule has 0 amide bonds. The van der Waals surface area contributed by atoms with Crippen LogP contribution >= 0.6 is 0 Å². The van der Waals surface area contributed by atoms with Crippen LogP contribution < -0.4 is 5.32 Å². The van der Waals surface area contributed by atoms with E-state index in [1.54, 1.807) is 24.3 Å². The van der Waals surface area contributed by atoms with Gasteiger partial charge in [-0.05, 0) is 23.3 Å². The van der Waals surface area contributed by atoms with Crippen molar-refractivity contribution < 1.29 is 15.0 Å². The van der Waals surface area contributed by atoms with Crippen molar-refractivity contribution in [3.8, 4) is 5.75 Å². The van der Waals surface area contributed by atoms with Crippen LogP contribution in [0.4, 0.5) is 0 Å². The molecule has 4 heteroatoms. The Kier molecular flexibility index (Phi) is 4.74. The van der Waals surface area contributed by atoms with Gasteiger partial charge in [0.2, 0.25) is 0 Å². The molecule has 2 rings (SSSR count). The van der Waals surface area contributed by atoms with Gasteiger partial charge >= 0.3 is 5.97 Å². The number of phenolic OH excluding ortho intramolecular Hbond substituents is 1. The topological polar surface area (TPSA) is 69.6 Å². The van der Waals surface area contributed by atoms with Crippen LogP contribution in [0.15, 0.2) is 54.6 Å². The van der Waals surface area contributed by atoms with Gasteiger partial charge in [0.1, 0.15) is 5.75 Å². The maximum atomic E-state index is 11.0. The molecule has 0 heterocycles. The summed E-state index contributed by atoms with van der Waals surface area (Å²) in [5.41, 5.74) is 1.95. The zero-order chi connectivity index (χ0) is 14.4. The van der Waals surface area contributed by atoms with Crippen molar-refractivity contribution in [1.82, 2.24) is 5.32 Å². The molecule has 104 valence electrons. The summed E-state index contributed by atoms with van der Waals surface area (Å²) in [6.07, 6.45) is -0.00237. The van der Waals surface area contributed by atoms with Gasteiger partial charge in [-0.15, -0.1) is 0 Å². The third-order valence-electron chi connectivity index (χ3n) is 3.07. The molecule has 4 nitrogen and oxygen atoms in total. The third-order valence-corrected chi connectivity index (χ3v) is 3.07. The Morgan fingerprint density at radius 2 is 1.70 bits per heavy atom. The van der Waals surface area contributed by atoms with Crippen molar-refractivity contribution in [2.24, 2.45) is 0 Å². The highest BCUT2D eigenvalue weighted by Gasteiger charge is 2.15. The zero-order valence-electron chi connectivity index (χ0n) is 11.0. The van der Waals surface area contributed by atoms with Crippen LogP contribution in [0.2, 0.25) is 0 Å². The monoisotopic (exact) mass is 271 g/mol. The van der Waals surface area contributed by atoms with Crippen molar-refractivity contribution in [3.63, 3.8) is 0 Å². The van der Waals surface area contributed by atoms with E-state index in [4.69, 9.17) is 5.11 Å². The van der Waals surface area contributed by atoms with Crippen LogP contribution in [0.3, 0.4) is 0 Å². The Morgan fingerprint density at radius 1 is 1.05 bits per heavy atom. The van der Waals surface area contributed by atoms with E-state index >= 15 is 0 Å². The number of benzene rings is 2. The summed E-state index contributed by atoms with van der Waals surface area (Å²) >= 11 is 0. The van der Waals surface area contributed by atoms with Crippen LogP contribution in [0.5, 0.6) is 5.75 Å². The fourth-order valence-electron chi connectivity index (χ4n) is 2.03. The average Bonchev–Trinajstić information content (AvgIpc) is 2.45. The minimum atomic E-state index is -0.858. The Labute approximate surface area is 117 Å². The molecule has 0 spiro atoms. The van der Waals surface area contributed by atoms with E-state index in [2.05, 4.69) is 5.32 Å². The molecule has 0 radical (unpaired) electrons. The van der Waals surface area contributed by atoms with Crippen LogP contribution in [0, 0.1) is 0 Å². The first-order chi connectivity index (χ1) is 9.65. The number of carboxylic acid groups (broad SMARTS) is 1. The fourth-order valence-corrected chi connectivity index (χ4v) is 2.03. The summed E-state index contributed by atoms with van der Waals surface area (Å²) in [6.45, 7) is 0.597. The summed E-state index contributed by atoms with van der Waals surface area (Å²) in [5.74, 6) is -0.686. The SMILES string of the molecule is O=C(O)C[C@@H](NCc1ccccc1)c1ccc(O)cc1. The molecule has 2 aromatic carbocycles. The van der Waals surface area contributed by atoms with E-state index in [9.17, 15) is 9.90 Å².